The van der Waals surface area contributed by atoms with Crippen molar-refractivity contribution in [3.05, 3.63) is 35.4 Å². The van der Waals surface area contributed by atoms with Crippen LogP contribution in [0.15, 0.2) is 24.3 Å². The Morgan fingerprint density at radius 1 is 1.24 bits per heavy atom. The van der Waals surface area contributed by atoms with E-state index in [1.165, 1.54) is 11.1 Å². The maximum Gasteiger partial charge on any atom is 0.239 e. The summed E-state index contributed by atoms with van der Waals surface area (Å²) in [6.45, 7) is 5.41. The Balaban J connectivity index is 1.78. The molecular formula is C16H23N3O2. The molecule has 0 radical (unpaired) electrons. The van der Waals surface area contributed by atoms with Gasteiger partial charge < -0.3 is 16.0 Å². The summed E-state index contributed by atoms with van der Waals surface area (Å²) in [5, 5.41) is 8.68. The maximum atomic E-state index is 12.1. The van der Waals surface area contributed by atoms with Gasteiger partial charge in [-0.25, -0.2) is 0 Å². The van der Waals surface area contributed by atoms with Crippen LogP contribution < -0.4 is 16.0 Å². The molecule has 0 aliphatic carbocycles. The molecule has 114 valence electrons. The molecule has 1 heterocycles. The lowest BCUT2D eigenvalue weighted by atomic mass is 9.95. The molecule has 21 heavy (non-hydrogen) atoms. The summed E-state index contributed by atoms with van der Waals surface area (Å²) in [4.78, 5) is 23.7. The number of carbonyl (C=O) groups excluding carboxylic acids is 2. The van der Waals surface area contributed by atoms with Gasteiger partial charge in [-0.2, -0.15) is 0 Å². The van der Waals surface area contributed by atoms with Crippen molar-refractivity contribution in [2.75, 3.05) is 13.1 Å². The lowest BCUT2D eigenvalue weighted by Crippen LogP contribution is -2.49. The maximum absolute atomic E-state index is 12.1. The van der Waals surface area contributed by atoms with E-state index in [1.54, 1.807) is 0 Å². The molecule has 3 N–H and O–H groups in total. The van der Waals surface area contributed by atoms with Crippen molar-refractivity contribution in [3.63, 3.8) is 0 Å². The first kappa shape index (κ1) is 15.5. The number of hydrogen-bond acceptors (Lipinski definition) is 3. The Morgan fingerprint density at radius 2 is 1.95 bits per heavy atom. The van der Waals surface area contributed by atoms with E-state index in [9.17, 15) is 9.59 Å². The van der Waals surface area contributed by atoms with Crippen LogP contribution in [-0.2, 0) is 22.6 Å². The van der Waals surface area contributed by atoms with E-state index < -0.39 is 0 Å². The first-order valence-electron chi connectivity index (χ1n) is 7.41. The standard InChI is InChI=1S/C16H23N3O2/c1-11(2)8-18-15(20)10-19-16(21)14-7-12-5-3-4-6-13(12)9-17-14/h3-6,11,14,17H,7-10H2,1-2H3,(H,18,20)(H,19,21)/t14-/m0/s1. The van der Waals surface area contributed by atoms with Crippen LogP contribution in [0.2, 0.25) is 0 Å². The average Bonchev–Trinajstić information content (AvgIpc) is 2.50. The van der Waals surface area contributed by atoms with Crippen LogP contribution in [0.4, 0.5) is 0 Å². The third-order valence-electron chi connectivity index (χ3n) is 3.53. The minimum Gasteiger partial charge on any atom is -0.354 e. The van der Waals surface area contributed by atoms with Crippen LogP contribution in [0.1, 0.15) is 25.0 Å². The highest BCUT2D eigenvalue weighted by Crippen LogP contribution is 2.16. The molecule has 5 heteroatoms. The normalized spacial score (nSPS) is 17.2. The molecule has 1 atom stereocenters. The van der Waals surface area contributed by atoms with Gasteiger partial charge in [-0.3, -0.25) is 9.59 Å². The zero-order valence-corrected chi connectivity index (χ0v) is 12.6. The third kappa shape index (κ3) is 4.56. The van der Waals surface area contributed by atoms with Crippen molar-refractivity contribution in [3.8, 4) is 0 Å². The summed E-state index contributed by atoms with van der Waals surface area (Å²) in [5.74, 6) is 0.138. The molecule has 0 unspecified atom stereocenters. The monoisotopic (exact) mass is 289 g/mol. The van der Waals surface area contributed by atoms with Gasteiger partial charge in [0, 0.05) is 13.1 Å². The van der Waals surface area contributed by atoms with Gasteiger partial charge >= 0.3 is 0 Å². The van der Waals surface area contributed by atoms with Gasteiger partial charge in [-0.15, -0.1) is 0 Å². The fourth-order valence-electron chi connectivity index (χ4n) is 2.31. The Hall–Kier alpha value is -1.88. The highest BCUT2D eigenvalue weighted by molar-refractivity contribution is 5.87. The predicted molar refractivity (Wildman–Crippen MR) is 81.6 cm³/mol. The number of fused-ring (bicyclic) bond motifs is 1. The van der Waals surface area contributed by atoms with Gasteiger partial charge in [-0.1, -0.05) is 38.1 Å². The number of carbonyl (C=O) groups is 2. The van der Waals surface area contributed by atoms with Crippen LogP contribution in [0.25, 0.3) is 0 Å². The molecule has 1 aromatic carbocycles. The van der Waals surface area contributed by atoms with E-state index >= 15 is 0 Å². The highest BCUT2D eigenvalue weighted by atomic mass is 16.2. The molecule has 1 aliphatic rings. The van der Waals surface area contributed by atoms with Gasteiger partial charge in [0.15, 0.2) is 0 Å². The van der Waals surface area contributed by atoms with Gasteiger partial charge in [0.05, 0.1) is 12.6 Å². The molecule has 1 aromatic rings. The first-order valence-corrected chi connectivity index (χ1v) is 7.41. The van der Waals surface area contributed by atoms with Gasteiger partial charge in [0.25, 0.3) is 0 Å². The quantitative estimate of drug-likeness (QED) is 0.743. The van der Waals surface area contributed by atoms with Crippen molar-refractivity contribution < 1.29 is 9.59 Å². The molecule has 1 aliphatic heterocycles. The Labute approximate surface area is 125 Å². The molecule has 2 amide bonds. The average molecular weight is 289 g/mol. The Bertz CT molecular complexity index is 514. The Morgan fingerprint density at radius 3 is 2.67 bits per heavy atom. The summed E-state index contributed by atoms with van der Waals surface area (Å²) >= 11 is 0. The van der Waals surface area contributed by atoms with Gasteiger partial charge in [0.2, 0.25) is 11.8 Å². The van der Waals surface area contributed by atoms with E-state index in [4.69, 9.17) is 0 Å². The van der Waals surface area contributed by atoms with Crippen LogP contribution in [0.5, 0.6) is 0 Å². The molecular weight excluding hydrogens is 266 g/mol. The zero-order chi connectivity index (χ0) is 15.2. The van der Waals surface area contributed by atoms with E-state index in [0.29, 0.717) is 25.4 Å². The highest BCUT2D eigenvalue weighted by Gasteiger charge is 2.23. The van der Waals surface area contributed by atoms with E-state index in [2.05, 4.69) is 22.0 Å². The molecule has 2 rings (SSSR count). The topological polar surface area (TPSA) is 70.2 Å². The smallest absolute Gasteiger partial charge is 0.239 e. The number of rotatable bonds is 5. The van der Waals surface area contributed by atoms with E-state index in [-0.39, 0.29) is 24.4 Å². The lowest BCUT2D eigenvalue weighted by molar-refractivity contribution is -0.127. The number of amides is 2. The summed E-state index contributed by atoms with van der Waals surface area (Å²) in [6.07, 6.45) is 0.662. The van der Waals surface area contributed by atoms with Crippen LogP contribution >= 0.6 is 0 Å². The Kier molecular flexibility index (Phi) is 5.33. The molecule has 0 saturated heterocycles. The fraction of sp³-hybridized carbons (Fsp3) is 0.500. The lowest BCUT2D eigenvalue weighted by Gasteiger charge is -2.25. The molecule has 0 fully saturated rings. The first-order chi connectivity index (χ1) is 10.1. The van der Waals surface area contributed by atoms with Crippen molar-refractivity contribution in [1.29, 1.82) is 0 Å². The minimum absolute atomic E-state index is 0.0331. The van der Waals surface area contributed by atoms with Crippen molar-refractivity contribution in [1.82, 2.24) is 16.0 Å². The second-order valence-corrected chi connectivity index (χ2v) is 5.82. The van der Waals surface area contributed by atoms with Crippen molar-refractivity contribution in [2.45, 2.75) is 32.9 Å². The minimum atomic E-state index is -0.266. The van der Waals surface area contributed by atoms with Crippen LogP contribution in [0.3, 0.4) is 0 Å². The third-order valence-corrected chi connectivity index (χ3v) is 3.53. The summed E-state index contributed by atoms with van der Waals surface area (Å²) in [7, 11) is 0. The molecule has 0 bridgehead atoms. The summed E-state index contributed by atoms with van der Waals surface area (Å²) in [6, 6.07) is 7.83. The zero-order valence-electron chi connectivity index (χ0n) is 12.6. The molecule has 0 saturated carbocycles. The summed E-state index contributed by atoms with van der Waals surface area (Å²) in [5.41, 5.74) is 2.43. The number of benzene rings is 1. The molecule has 0 aromatic heterocycles. The SMILES string of the molecule is CC(C)CNC(=O)CNC(=O)[C@@H]1Cc2ccccc2CN1. The number of hydrogen-bond donors (Lipinski definition) is 3. The predicted octanol–water partition coefficient (Wildman–Crippen LogP) is 0.589. The molecule has 5 nitrogen and oxygen atoms in total. The van der Waals surface area contributed by atoms with Crippen LogP contribution in [-0.4, -0.2) is 30.9 Å². The van der Waals surface area contributed by atoms with Gasteiger partial charge in [-0.05, 0) is 23.5 Å². The molecule has 0 spiro atoms. The number of nitrogens with one attached hydrogen (secondary N) is 3. The van der Waals surface area contributed by atoms with E-state index in [1.807, 2.05) is 32.0 Å². The van der Waals surface area contributed by atoms with Gasteiger partial charge in [0.1, 0.15) is 0 Å². The van der Waals surface area contributed by atoms with Crippen LogP contribution in [0, 0.1) is 5.92 Å². The second kappa shape index (κ2) is 7.22. The van der Waals surface area contributed by atoms with Crippen molar-refractivity contribution >= 4 is 11.8 Å². The largest absolute Gasteiger partial charge is 0.354 e. The van der Waals surface area contributed by atoms with Crippen molar-refractivity contribution in [2.24, 2.45) is 5.92 Å². The fourth-order valence-corrected chi connectivity index (χ4v) is 2.31. The second-order valence-electron chi connectivity index (χ2n) is 5.82. The van der Waals surface area contributed by atoms with E-state index in [0.717, 1.165) is 0 Å². The summed E-state index contributed by atoms with van der Waals surface area (Å²) < 4.78 is 0.